The monoisotopic (exact) mass is 284 g/mol. The van der Waals surface area contributed by atoms with Gasteiger partial charge in [0.25, 0.3) is 0 Å². The predicted octanol–water partition coefficient (Wildman–Crippen LogP) is -0.865. The summed E-state index contributed by atoms with van der Waals surface area (Å²) in [5.74, 6) is 2.10. The summed E-state index contributed by atoms with van der Waals surface area (Å²) in [4.78, 5) is 0.490. The summed E-state index contributed by atoms with van der Waals surface area (Å²) in [6, 6.07) is 0. The Balaban J connectivity index is 0. The van der Waals surface area contributed by atoms with Crippen molar-refractivity contribution in [3.63, 3.8) is 0 Å². The number of hydrogen-bond acceptors (Lipinski definition) is 6. The molecule has 98 valence electrons. The molecule has 0 aliphatic rings. The van der Waals surface area contributed by atoms with Crippen LogP contribution in [0.4, 0.5) is 0 Å². The van der Waals surface area contributed by atoms with Gasteiger partial charge in [-0.25, -0.2) is 0 Å². The molecule has 0 fully saturated rings. The first-order valence-corrected chi connectivity index (χ1v) is 5.23. The van der Waals surface area contributed by atoms with Crippen LogP contribution in [0, 0.1) is 0 Å². The van der Waals surface area contributed by atoms with Crippen molar-refractivity contribution in [3.05, 3.63) is 0 Å². The van der Waals surface area contributed by atoms with Gasteiger partial charge in [-0.1, -0.05) is 0 Å². The molecule has 0 spiro atoms. The van der Waals surface area contributed by atoms with Gasteiger partial charge in [-0.15, -0.1) is 12.6 Å². The third-order valence-corrected chi connectivity index (χ3v) is 2.68. The van der Waals surface area contributed by atoms with Gasteiger partial charge in [0.2, 0.25) is 17.2 Å². The maximum absolute atomic E-state index is 5.25. The molecule has 0 bridgehead atoms. The van der Waals surface area contributed by atoms with Crippen LogP contribution in [0.5, 0.6) is 28.7 Å². The third kappa shape index (κ3) is 2.93. The van der Waals surface area contributed by atoms with Crippen LogP contribution in [0.25, 0.3) is 0 Å². The van der Waals surface area contributed by atoms with Crippen LogP contribution >= 0.6 is 12.6 Å². The van der Waals surface area contributed by atoms with E-state index in [-0.39, 0.29) is 31.0 Å². The quantitative estimate of drug-likeness (QED) is 0.563. The Morgan fingerprint density at radius 2 is 0.833 bits per heavy atom. The van der Waals surface area contributed by atoms with Crippen LogP contribution in [-0.4, -0.2) is 35.5 Å². The van der Waals surface area contributed by atoms with Gasteiger partial charge < -0.3 is 25.1 Å². The SMILES string of the molecule is COc1c(S)c(OC)c(OC)c(OC)c1OC.[H-].[Na+]. The average molecular weight is 284 g/mol. The van der Waals surface area contributed by atoms with Crippen LogP contribution in [0.15, 0.2) is 4.90 Å². The van der Waals surface area contributed by atoms with Gasteiger partial charge in [-0.05, 0) is 0 Å². The molecule has 0 atom stereocenters. The van der Waals surface area contributed by atoms with E-state index in [0.717, 1.165) is 0 Å². The number of benzene rings is 1. The van der Waals surface area contributed by atoms with Crippen molar-refractivity contribution < 1.29 is 54.7 Å². The summed E-state index contributed by atoms with van der Waals surface area (Å²) in [5.41, 5.74) is 0. The molecule has 18 heavy (non-hydrogen) atoms. The summed E-state index contributed by atoms with van der Waals surface area (Å²) in [7, 11) is 7.57. The van der Waals surface area contributed by atoms with Crippen molar-refractivity contribution in [2.45, 2.75) is 4.90 Å². The Bertz CT molecular complexity index is 384. The van der Waals surface area contributed by atoms with Crippen molar-refractivity contribution in [2.75, 3.05) is 35.5 Å². The van der Waals surface area contributed by atoms with E-state index in [9.17, 15) is 0 Å². The van der Waals surface area contributed by atoms with Gasteiger partial charge >= 0.3 is 29.6 Å². The van der Waals surface area contributed by atoms with Crippen molar-refractivity contribution in [2.24, 2.45) is 0 Å². The molecule has 5 nitrogen and oxygen atoms in total. The first-order chi connectivity index (χ1) is 8.15. The molecule has 1 rings (SSSR count). The summed E-state index contributed by atoms with van der Waals surface area (Å²) < 4.78 is 26.2. The van der Waals surface area contributed by atoms with Gasteiger partial charge in [0, 0.05) is 0 Å². The largest absolute Gasteiger partial charge is 1.00 e. The molecule has 0 N–H and O–H groups in total. The Morgan fingerprint density at radius 1 is 0.611 bits per heavy atom. The topological polar surface area (TPSA) is 46.2 Å². The molecule has 1 aromatic carbocycles. The number of methoxy groups -OCH3 is 5. The molecule has 7 heteroatoms. The van der Waals surface area contributed by atoms with Gasteiger partial charge in [0.05, 0.1) is 40.4 Å². The fourth-order valence-corrected chi connectivity index (χ4v) is 1.95. The van der Waals surface area contributed by atoms with E-state index in [1.807, 2.05) is 0 Å². The molecule has 0 unspecified atom stereocenters. The Kier molecular flexibility index (Phi) is 7.70. The second-order valence-electron chi connectivity index (χ2n) is 3.01. The minimum absolute atomic E-state index is 0. The molecule has 0 aromatic heterocycles. The van der Waals surface area contributed by atoms with E-state index < -0.39 is 0 Å². The van der Waals surface area contributed by atoms with Crippen LogP contribution in [-0.2, 0) is 0 Å². The zero-order chi connectivity index (χ0) is 13.0. The van der Waals surface area contributed by atoms with Gasteiger partial charge in [0.15, 0.2) is 11.5 Å². The molecule has 0 saturated carbocycles. The third-order valence-electron chi connectivity index (χ3n) is 2.28. The molecule has 0 radical (unpaired) electrons. The van der Waals surface area contributed by atoms with E-state index >= 15 is 0 Å². The van der Waals surface area contributed by atoms with Crippen LogP contribution in [0.1, 0.15) is 1.43 Å². The first-order valence-electron chi connectivity index (χ1n) is 4.79. The van der Waals surface area contributed by atoms with Crippen LogP contribution in [0.3, 0.4) is 0 Å². The van der Waals surface area contributed by atoms with Crippen molar-refractivity contribution in [1.82, 2.24) is 0 Å². The standard InChI is InChI=1S/C11H16O5S.Na.H/c1-12-6-7(13-2)9(15-4)11(17)10(16-5)8(6)14-3;;/h17H,1-5H3;;/q;+1;-1. The molecule has 0 aliphatic carbocycles. The second kappa shape index (κ2) is 7.89. The molecule has 0 amide bonds. The number of ether oxygens (including phenoxy) is 5. The van der Waals surface area contributed by atoms with Crippen LogP contribution in [0.2, 0.25) is 0 Å². The minimum Gasteiger partial charge on any atom is -1.00 e. The summed E-state index contributed by atoms with van der Waals surface area (Å²) in [6.45, 7) is 0. The van der Waals surface area contributed by atoms with E-state index in [4.69, 9.17) is 23.7 Å². The second-order valence-corrected chi connectivity index (χ2v) is 3.46. The number of hydrogen-bond donors (Lipinski definition) is 1. The maximum Gasteiger partial charge on any atom is 1.00 e. The first kappa shape index (κ1) is 17.6. The Morgan fingerprint density at radius 3 is 1.06 bits per heavy atom. The number of rotatable bonds is 5. The fraction of sp³-hybridized carbons (Fsp3) is 0.455. The maximum atomic E-state index is 5.25. The summed E-state index contributed by atoms with van der Waals surface area (Å²) >= 11 is 4.34. The van der Waals surface area contributed by atoms with E-state index in [1.165, 1.54) is 35.5 Å². The Hall–Kier alpha value is -0.430. The van der Waals surface area contributed by atoms with Crippen LogP contribution < -0.4 is 53.2 Å². The average Bonchev–Trinajstić information content (AvgIpc) is 2.36. The molecule has 0 heterocycles. The smallest absolute Gasteiger partial charge is 1.00 e. The van der Waals surface area contributed by atoms with Crippen molar-refractivity contribution >= 4 is 12.6 Å². The zero-order valence-electron chi connectivity index (χ0n) is 12.5. The van der Waals surface area contributed by atoms with E-state index in [2.05, 4.69) is 12.6 Å². The van der Waals surface area contributed by atoms with Crippen molar-refractivity contribution in [1.29, 1.82) is 0 Å². The molecular weight excluding hydrogens is 267 g/mol. The van der Waals surface area contributed by atoms with E-state index in [1.54, 1.807) is 0 Å². The molecule has 1 aromatic rings. The predicted molar refractivity (Wildman–Crippen MR) is 67.6 cm³/mol. The van der Waals surface area contributed by atoms with Gasteiger partial charge in [-0.2, -0.15) is 0 Å². The van der Waals surface area contributed by atoms with Crippen molar-refractivity contribution in [3.8, 4) is 28.7 Å². The summed E-state index contributed by atoms with van der Waals surface area (Å²) in [6.07, 6.45) is 0. The number of thiol groups is 1. The van der Waals surface area contributed by atoms with E-state index in [0.29, 0.717) is 33.6 Å². The zero-order valence-corrected chi connectivity index (χ0v) is 14.4. The molecule has 0 aliphatic heterocycles. The summed E-state index contributed by atoms with van der Waals surface area (Å²) in [5, 5.41) is 0. The van der Waals surface area contributed by atoms with Gasteiger partial charge in [-0.3, -0.25) is 0 Å². The molecular formula is C11H17NaO5S. The normalized spacial score (nSPS) is 9.22. The Labute approximate surface area is 136 Å². The molecule has 0 saturated heterocycles. The fourth-order valence-electron chi connectivity index (χ4n) is 1.56. The minimum atomic E-state index is 0. The van der Waals surface area contributed by atoms with Gasteiger partial charge in [0.1, 0.15) is 0 Å².